The van der Waals surface area contributed by atoms with Crippen LogP contribution in [0.15, 0.2) is 58.7 Å². The van der Waals surface area contributed by atoms with E-state index in [4.69, 9.17) is 19.9 Å². The first-order valence-electron chi connectivity index (χ1n) is 9.32. The lowest BCUT2D eigenvalue weighted by Crippen LogP contribution is -2.32. The molecule has 4 rings (SSSR count). The number of methoxy groups -OCH3 is 1. The molecule has 0 radical (unpaired) electrons. The number of phenolic OH excluding ortho intramolecular Hbond substituents is 1. The normalized spacial score (nSPS) is 15.5. The van der Waals surface area contributed by atoms with Gasteiger partial charge >= 0.3 is 5.97 Å². The van der Waals surface area contributed by atoms with Gasteiger partial charge in [-0.1, -0.05) is 18.2 Å². The highest BCUT2D eigenvalue weighted by atomic mass is 16.5. The monoisotopic (exact) mass is 408 g/mol. The summed E-state index contributed by atoms with van der Waals surface area (Å²) in [7, 11) is 1.41. The Morgan fingerprint density at radius 3 is 2.77 bits per heavy atom. The van der Waals surface area contributed by atoms with E-state index in [0.29, 0.717) is 16.5 Å². The number of rotatable bonds is 4. The Kier molecular flexibility index (Phi) is 4.83. The number of ether oxygens (including phenoxy) is 3. The van der Waals surface area contributed by atoms with Gasteiger partial charge in [-0.2, -0.15) is 0 Å². The molecule has 0 saturated heterocycles. The summed E-state index contributed by atoms with van der Waals surface area (Å²) >= 11 is 0. The van der Waals surface area contributed by atoms with Crippen molar-refractivity contribution < 1.29 is 24.1 Å². The maximum atomic E-state index is 13.1. The number of H-pyrrole nitrogens is 1. The van der Waals surface area contributed by atoms with Crippen molar-refractivity contribution in [1.29, 1.82) is 0 Å². The maximum absolute atomic E-state index is 13.1. The number of phenols is 1. The van der Waals surface area contributed by atoms with Crippen molar-refractivity contribution in [3.8, 4) is 17.2 Å². The molecule has 1 aromatic heterocycles. The molecule has 1 aliphatic heterocycles. The number of aromatic hydroxyl groups is 1. The largest absolute Gasteiger partial charge is 0.504 e. The number of fused-ring (bicyclic) bond motifs is 3. The van der Waals surface area contributed by atoms with Crippen molar-refractivity contribution in [1.82, 2.24) is 4.98 Å². The van der Waals surface area contributed by atoms with E-state index in [1.807, 2.05) is 6.07 Å². The molecule has 0 spiro atoms. The zero-order chi connectivity index (χ0) is 21.4. The third-order valence-electron chi connectivity index (χ3n) is 5.00. The summed E-state index contributed by atoms with van der Waals surface area (Å²) in [6, 6.07) is 11.7. The molecule has 30 heavy (non-hydrogen) atoms. The molecule has 0 amide bonds. The number of para-hydroxylation sites is 1. The number of aromatic amines is 1. The van der Waals surface area contributed by atoms with Crippen molar-refractivity contribution in [3.05, 3.63) is 75.4 Å². The lowest BCUT2D eigenvalue weighted by atomic mass is 9.82. The van der Waals surface area contributed by atoms with E-state index in [9.17, 15) is 14.7 Å². The van der Waals surface area contributed by atoms with Gasteiger partial charge in [0, 0.05) is 5.39 Å². The number of hydrogen-bond acceptors (Lipinski definition) is 7. The van der Waals surface area contributed by atoms with Crippen LogP contribution in [-0.2, 0) is 9.53 Å². The van der Waals surface area contributed by atoms with Crippen LogP contribution in [0.4, 0.5) is 0 Å². The Morgan fingerprint density at radius 2 is 2.03 bits per heavy atom. The number of hydrogen-bond donors (Lipinski definition) is 3. The maximum Gasteiger partial charge on any atom is 0.340 e. The van der Waals surface area contributed by atoms with Crippen LogP contribution in [0.25, 0.3) is 10.9 Å². The van der Waals surface area contributed by atoms with Crippen LogP contribution in [-0.4, -0.2) is 29.8 Å². The summed E-state index contributed by atoms with van der Waals surface area (Å²) in [6.07, 6.45) is 0. The van der Waals surface area contributed by atoms with Gasteiger partial charge in [-0.3, -0.25) is 4.79 Å². The van der Waals surface area contributed by atoms with Gasteiger partial charge in [-0.25, -0.2) is 4.79 Å². The molecular weight excluding hydrogens is 388 g/mol. The topological polar surface area (TPSA) is 124 Å². The standard InChI is InChI=1S/C22H20N2O6/c1-3-29-22(27)18-16(11-8-9-14(25)15(10-11)28-2)17-19(30-20(18)23)12-6-4-5-7-13(12)24-21(17)26/h4-10,16,25H,3,23H2,1-2H3,(H,24,26). The molecule has 0 bridgehead atoms. The molecule has 8 nitrogen and oxygen atoms in total. The van der Waals surface area contributed by atoms with E-state index in [-0.39, 0.29) is 40.9 Å². The molecule has 8 heteroatoms. The lowest BCUT2D eigenvalue weighted by Gasteiger charge is -2.28. The van der Waals surface area contributed by atoms with Gasteiger partial charge < -0.3 is 30.0 Å². The van der Waals surface area contributed by atoms with Gasteiger partial charge in [0.1, 0.15) is 11.3 Å². The average Bonchev–Trinajstić information content (AvgIpc) is 2.73. The number of benzene rings is 2. The number of esters is 1. The van der Waals surface area contributed by atoms with E-state index in [0.717, 1.165) is 0 Å². The van der Waals surface area contributed by atoms with Crippen LogP contribution in [0.2, 0.25) is 0 Å². The summed E-state index contributed by atoms with van der Waals surface area (Å²) < 4.78 is 16.2. The third-order valence-corrected chi connectivity index (χ3v) is 5.00. The molecule has 1 aliphatic rings. The van der Waals surface area contributed by atoms with E-state index in [1.54, 1.807) is 37.3 Å². The molecule has 3 aromatic rings. The fourth-order valence-corrected chi connectivity index (χ4v) is 3.69. The Balaban J connectivity index is 2.04. The van der Waals surface area contributed by atoms with Crippen LogP contribution in [0, 0.1) is 0 Å². The van der Waals surface area contributed by atoms with Crippen LogP contribution in [0.5, 0.6) is 17.2 Å². The van der Waals surface area contributed by atoms with E-state index >= 15 is 0 Å². The molecule has 4 N–H and O–H groups in total. The minimum absolute atomic E-state index is 0.0119. The predicted octanol–water partition coefficient (Wildman–Crippen LogP) is 2.50. The third kappa shape index (κ3) is 3.02. The molecular formula is C22H20N2O6. The molecule has 0 aliphatic carbocycles. The number of pyridine rings is 1. The smallest absolute Gasteiger partial charge is 0.340 e. The Bertz CT molecular complexity index is 1240. The van der Waals surface area contributed by atoms with Crippen LogP contribution in [0.3, 0.4) is 0 Å². The minimum atomic E-state index is -0.879. The summed E-state index contributed by atoms with van der Waals surface area (Å²) in [4.78, 5) is 28.7. The fraction of sp³-hybridized carbons (Fsp3) is 0.182. The van der Waals surface area contributed by atoms with Gasteiger partial charge in [-0.15, -0.1) is 0 Å². The SMILES string of the molecule is CCOC(=O)C1=C(N)Oc2c(c(=O)[nH]c3ccccc23)C1c1ccc(O)c(OC)c1. The first-order chi connectivity index (χ1) is 14.5. The second kappa shape index (κ2) is 7.47. The minimum Gasteiger partial charge on any atom is -0.504 e. The van der Waals surface area contributed by atoms with E-state index in [1.165, 1.54) is 13.2 Å². The van der Waals surface area contributed by atoms with Gasteiger partial charge in [0.25, 0.3) is 5.56 Å². The fourth-order valence-electron chi connectivity index (χ4n) is 3.69. The summed E-state index contributed by atoms with van der Waals surface area (Å²) in [6.45, 7) is 1.80. The highest BCUT2D eigenvalue weighted by Gasteiger charge is 2.38. The van der Waals surface area contributed by atoms with Crippen molar-refractivity contribution in [2.24, 2.45) is 5.73 Å². The predicted molar refractivity (Wildman–Crippen MR) is 110 cm³/mol. The lowest BCUT2D eigenvalue weighted by molar-refractivity contribution is -0.139. The van der Waals surface area contributed by atoms with Gasteiger partial charge in [0.05, 0.1) is 30.7 Å². The molecule has 1 atom stereocenters. The highest BCUT2D eigenvalue weighted by Crippen LogP contribution is 2.45. The molecule has 1 unspecified atom stereocenters. The van der Waals surface area contributed by atoms with Crippen molar-refractivity contribution in [2.75, 3.05) is 13.7 Å². The molecule has 0 fully saturated rings. The highest BCUT2D eigenvalue weighted by molar-refractivity contribution is 5.95. The van der Waals surface area contributed by atoms with Crippen molar-refractivity contribution >= 4 is 16.9 Å². The number of carbonyl (C=O) groups excluding carboxylic acids is 1. The quantitative estimate of drug-likeness (QED) is 0.567. The van der Waals surface area contributed by atoms with E-state index in [2.05, 4.69) is 4.98 Å². The average molecular weight is 408 g/mol. The number of aromatic nitrogens is 1. The van der Waals surface area contributed by atoms with Gasteiger partial charge in [-0.05, 0) is 36.8 Å². The second-order valence-corrected chi connectivity index (χ2v) is 6.71. The van der Waals surface area contributed by atoms with Crippen LogP contribution < -0.4 is 20.8 Å². The first-order valence-corrected chi connectivity index (χ1v) is 9.32. The Morgan fingerprint density at radius 1 is 1.27 bits per heavy atom. The zero-order valence-electron chi connectivity index (χ0n) is 16.4. The van der Waals surface area contributed by atoms with Crippen molar-refractivity contribution in [3.63, 3.8) is 0 Å². The Hall–Kier alpha value is -3.94. The van der Waals surface area contributed by atoms with E-state index < -0.39 is 17.4 Å². The number of nitrogens with two attached hydrogens (primary N) is 1. The summed E-state index contributed by atoms with van der Waals surface area (Å²) in [5, 5.41) is 10.6. The Labute approximate surface area is 171 Å². The van der Waals surface area contributed by atoms with Gasteiger partial charge in [0.15, 0.2) is 11.5 Å². The number of nitrogens with one attached hydrogen (secondary N) is 1. The second-order valence-electron chi connectivity index (χ2n) is 6.71. The van der Waals surface area contributed by atoms with Crippen LogP contribution >= 0.6 is 0 Å². The molecule has 154 valence electrons. The molecule has 2 heterocycles. The van der Waals surface area contributed by atoms with Crippen molar-refractivity contribution in [2.45, 2.75) is 12.8 Å². The molecule has 2 aromatic carbocycles. The summed E-state index contributed by atoms with van der Waals surface area (Å²) in [5.74, 6) is -1.32. The summed E-state index contributed by atoms with van der Waals surface area (Å²) in [5.41, 5.74) is 7.06. The number of carbonyl (C=O) groups is 1. The first kappa shape index (κ1) is 19.4. The van der Waals surface area contributed by atoms with Gasteiger partial charge in [0.2, 0.25) is 5.88 Å². The molecule has 0 saturated carbocycles. The van der Waals surface area contributed by atoms with Crippen LogP contribution in [0.1, 0.15) is 24.0 Å². The zero-order valence-corrected chi connectivity index (χ0v) is 16.4.